The lowest BCUT2D eigenvalue weighted by Gasteiger charge is -2.02. The number of hydrogen-bond donors (Lipinski definition) is 3. The van der Waals surface area contributed by atoms with Crippen LogP contribution in [0.1, 0.15) is 12.1 Å². The van der Waals surface area contributed by atoms with Crippen molar-refractivity contribution in [3.05, 3.63) is 18.2 Å². The maximum absolute atomic E-state index is 5.45. The molecule has 4 N–H and O–H groups in total. The van der Waals surface area contributed by atoms with Gasteiger partial charge in [-0.15, -0.1) is 24.0 Å². The van der Waals surface area contributed by atoms with E-state index >= 15 is 0 Å². The van der Waals surface area contributed by atoms with Crippen LogP contribution in [0.2, 0.25) is 0 Å². The number of guanidine groups is 1. The van der Waals surface area contributed by atoms with Crippen LogP contribution in [0.3, 0.4) is 0 Å². The Labute approximate surface area is 101 Å². The zero-order valence-electron chi connectivity index (χ0n) is 8.16. The summed E-state index contributed by atoms with van der Waals surface area (Å²) in [7, 11) is 1.66. The highest BCUT2D eigenvalue weighted by molar-refractivity contribution is 14.0. The van der Waals surface area contributed by atoms with Gasteiger partial charge >= 0.3 is 0 Å². The summed E-state index contributed by atoms with van der Waals surface area (Å²) in [5.74, 6) is 0.490. The van der Waals surface area contributed by atoms with Gasteiger partial charge in [-0.25, -0.2) is 4.98 Å². The molecule has 0 saturated heterocycles. The van der Waals surface area contributed by atoms with Gasteiger partial charge in [0.05, 0.1) is 6.33 Å². The Morgan fingerprint density at radius 2 is 2.50 bits per heavy atom. The molecule has 1 aromatic heterocycles. The first-order valence-corrected chi connectivity index (χ1v) is 4.26. The molecule has 0 spiro atoms. The van der Waals surface area contributed by atoms with Gasteiger partial charge in [0.2, 0.25) is 0 Å². The van der Waals surface area contributed by atoms with E-state index in [0.717, 1.165) is 25.1 Å². The van der Waals surface area contributed by atoms with Crippen molar-refractivity contribution in [3.8, 4) is 0 Å². The molecular weight excluding hydrogens is 293 g/mol. The average molecular weight is 309 g/mol. The van der Waals surface area contributed by atoms with Crippen LogP contribution in [-0.4, -0.2) is 29.5 Å². The Bertz CT molecular complexity index is 257. The molecule has 0 aliphatic rings. The molecule has 14 heavy (non-hydrogen) atoms. The van der Waals surface area contributed by atoms with Crippen molar-refractivity contribution in [2.45, 2.75) is 12.8 Å². The van der Waals surface area contributed by atoms with E-state index in [1.165, 1.54) is 0 Å². The van der Waals surface area contributed by atoms with E-state index in [1.54, 1.807) is 13.4 Å². The van der Waals surface area contributed by atoms with Crippen LogP contribution in [0, 0.1) is 0 Å². The van der Waals surface area contributed by atoms with Crippen molar-refractivity contribution in [1.82, 2.24) is 15.3 Å². The number of hydrogen-bond acceptors (Lipinski definition) is 2. The number of halogens is 1. The van der Waals surface area contributed by atoms with Crippen molar-refractivity contribution in [1.29, 1.82) is 0 Å². The lowest BCUT2D eigenvalue weighted by atomic mass is 10.2. The minimum absolute atomic E-state index is 0. The Morgan fingerprint density at radius 1 is 1.71 bits per heavy atom. The molecule has 0 aromatic carbocycles. The number of nitrogens with zero attached hydrogens (tertiary/aromatic N) is 2. The molecule has 0 unspecified atom stereocenters. The number of nitrogens with one attached hydrogen (secondary N) is 2. The minimum atomic E-state index is 0. The highest BCUT2D eigenvalue weighted by atomic mass is 127. The van der Waals surface area contributed by atoms with E-state index in [2.05, 4.69) is 20.3 Å². The van der Waals surface area contributed by atoms with Gasteiger partial charge in [-0.05, 0) is 12.8 Å². The molecule has 0 aliphatic heterocycles. The summed E-state index contributed by atoms with van der Waals surface area (Å²) in [6.45, 7) is 0.836. The van der Waals surface area contributed by atoms with Crippen molar-refractivity contribution >= 4 is 29.9 Å². The van der Waals surface area contributed by atoms with Crippen LogP contribution in [0.15, 0.2) is 17.5 Å². The first-order chi connectivity index (χ1) is 6.33. The van der Waals surface area contributed by atoms with Crippen molar-refractivity contribution in [3.63, 3.8) is 0 Å². The van der Waals surface area contributed by atoms with Crippen LogP contribution in [0.25, 0.3) is 0 Å². The Balaban J connectivity index is 0.00000169. The van der Waals surface area contributed by atoms with Crippen LogP contribution in [0.5, 0.6) is 0 Å². The van der Waals surface area contributed by atoms with E-state index in [1.807, 2.05) is 6.20 Å². The number of nitrogens with two attached hydrogens (primary N) is 1. The van der Waals surface area contributed by atoms with E-state index in [0.29, 0.717) is 5.96 Å². The number of aliphatic imine (C=N–C) groups is 1. The molecule has 80 valence electrons. The molecule has 0 radical (unpaired) electrons. The number of rotatable bonds is 4. The third-order valence-corrected chi connectivity index (χ3v) is 1.72. The fourth-order valence-corrected chi connectivity index (χ4v) is 0.996. The number of aromatic nitrogens is 2. The number of aromatic amines is 1. The van der Waals surface area contributed by atoms with Crippen LogP contribution in [-0.2, 0) is 6.42 Å². The molecule has 0 atom stereocenters. The lowest BCUT2D eigenvalue weighted by molar-refractivity contribution is 0.758. The molecule has 0 saturated carbocycles. The standard InChI is InChI=1S/C8H15N5.HI/c1-10-8(9)12-4-2-3-7-5-11-6-13-7;/h5-6H,2-4H2,1H3,(H,11,13)(H3,9,10,12);1H. The monoisotopic (exact) mass is 309 g/mol. The molecule has 0 bridgehead atoms. The summed E-state index contributed by atoms with van der Waals surface area (Å²) < 4.78 is 0. The summed E-state index contributed by atoms with van der Waals surface area (Å²) in [4.78, 5) is 10.8. The van der Waals surface area contributed by atoms with Gasteiger partial charge in [0.25, 0.3) is 0 Å². The zero-order valence-corrected chi connectivity index (χ0v) is 10.5. The topological polar surface area (TPSA) is 79.1 Å². The predicted molar refractivity (Wildman–Crippen MR) is 67.9 cm³/mol. The zero-order chi connectivity index (χ0) is 9.52. The maximum Gasteiger partial charge on any atom is 0.188 e. The van der Waals surface area contributed by atoms with Gasteiger partial charge in [-0.1, -0.05) is 0 Å². The van der Waals surface area contributed by atoms with E-state index in [4.69, 9.17) is 5.73 Å². The largest absolute Gasteiger partial charge is 0.370 e. The molecule has 0 amide bonds. The van der Waals surface area contributed by atoms with Gasteiger partial charge in [0.15, 0.2) is 5.96 Å². The Hall–Kier alpha value is -0.790. The number of imidazole rings is 1. The maximum atomic E-state index is 5.45. The van der Waals surface area contributed by atoms with Crippen LogP contribution >= 0.6 is 24.0 Å². The SMILES string of the molecule is CN=C(N)NCCCc1cnc[nH]1.I. The normalized spacial score (nSPS) is 10.8. The molecule has 1 aromatic rings. The lowest BCUT2D eigenvalue weighted by Crippen LogP contribution is -2.32. The van der Waals surface area contributed by atoms with Gasteiger partial charge < -0.3 is 16.0 Å². The molecule has 5 nitrogen and oxygen atoms in total. The van der Waals surface area contributed by atoms with Gasteiger partial charge in [0.1, 0.15) is 0 Å². The quantitative estimate of drug-likeness (QED) is 0.328. The van der Waals surface area contributed by atoms with Crippen LogP contribution < -0.4 is 11.1 Å². The fourth-order valence-electron chi connectivity index (χ4n) is 0.996. The predicted octanol–water partition coefficient (Wildman–Crippen LogP) is 0.494. The number of aryl methyl sites for hydroxylation is 1. The summed E-state index contributed by atoms with van der Waals surface area (Å²) in [5.41, 5.74) is 6.60. The van der Waals surface area contributed by atoms with Gasteiger partial charge in [-0.3, -0.25) is 4.99 Å². The third kappa shape index (κ3) is 5.05. The summed E-state index contributed by atoms with van der Waals surface area (Å²) >= 11 is 0. The summed E-state index contributed by atoms with van der Waals surface area (Å²) in [6.07, 6.45) is 5.50. The molecule has 1 heterocycles. The highest BCUT2D eigenvalue weighted by Gasteiger charge is 1.93. The smallest absolute Gasteiger partial charge is 0.188 e. The second-order valence-corrected chi connectivity index (χ2v) is 2.72. The molecule has 6 heteroatoms. The van der Waals surface area contributed by atoms with E-state index in [-0.39, 0.29) is 24.0 Å². The Kier molecular flexibility index (Phi) is 7.17. The van der Waals surface area contributed by atoms with Crippen molar-refractivity contribution < 1.29 is 0 Å². The third-order valence-electron chi connectivity index (χ3n) is 1.72. The minimum Gasteiger partial charge on any atom is -0.370 e. The van der Waals surface area contributed by atoms with E-state index in [9.17, 15) is 0 Å². The fraction of sp³-hybridized carbons (Fsp3) is 0.500. The summed E-state index contributed by atoms with van der Waals surface area (Å²) in [5, 5.41) is 2.99. The first-order valence-electron chi connectivity index (χ1n) is 4.26. The molecule has 0 aliphatic carbocycles. The van der Waals surface area contributed by atoms with Crippen molar-refractivity contribution in [2.24, 2.45) is 10.7 Å². The first kappa shape index (κ1) is 13.2. The molecular formula is C8H16IN5. The van der Waals surface area contributed by atoms with Gasteiger partial charge in [0, 0.05) is 25.5 Å². The molecule has 0 fully saturated rings. The number of H-pyrrole nitrogens is 1. The Morgan fingerprint density at radius 3 is 3.07 bits per heavy atom. The highest BCUT2D eigenvalue weighted by Crippen LogP contribution is 1.94. The van der Waals surface area contributed by atoms with Crippen LogP contribution in [0.4, 0.5) is 0 Å². The second-order valence-electron chi connectivity index (χ2n) is 2.72. The van der Waals surface area contributed by atoms with Crippen molar-refractivity contribution in [2.75, 3.05) is 13.6 Å². The molecule has 1 rings (SSSR count). The van der Waals surface area contributed by atoms with Gasteiger partial charge in [-0.2, -0.15) is 0 Å². The average Bonchev–Trinajstić information content (AvgIpc) is 2.64. The summed E-state index contributed by atoms with van der Waals surface area (Å²) in [6, 6.07) is 0. The second kappa shape index (κ2) is 7.60. The van der Waals surface area contributed by atoms with E-state index < -0.39 is 0 Å².